The Balaban J connectivity index is 1.67. The maximum Gasteiger partial charge on any atom is 0.252 e. The predicted octanol–water partition coefficient (Wildman–Crippen LogP) is 3.25. The van der Waals surface area contributed by atoms with E-state index in [1.54, 1.807) is 24.9 Å². The van der Waals surface area contributed by atoms with E-state index in [1.165, 1.54) is 0 Å². The Hall–Kier alpha value is -3.41. The van der Waals surface area contributed by atoms with Crippen LogP contribution < -0.4 is 5.32 Å². The van der Waals surface area contributed by atoms with Crippen molar-refractivity contribution in [3.63, 3.8) is 0 Å². The number of aromatic nitrogens is 3. The summed E-state index contributed by atoms with van der Waals surface area (Å²) in [5.74, 6) is 0.570. The molecule has 3 aromatic heterocycles. The van der Waals surface area contributed by atoms with Crippen LogP contribution in [0.2, 0.25) is 0 Å². The van der Waals surface area contributed by atoms with Crippen LogP contribution in [0.4, 0.5) is 0 Å². The maximum atomic E-state index is 12.6. The molecule has 4 aromatic rings. The number of nitrogens with one attached hydrogen (secondary N) is 1. The number of pyridine rings is 1. The Kier molecular flexibility index (Phi) is 3.78. The molecule has 0 radical (unpaired) electrons. The highest BCUT2D eigenvalue weighted by atomic mass is 16.3. The topological polar surface area (TPSA) is 73.0 Å². The zero-order chi connectivity index (χ0) is 17.2. The van der Waals surface area contributed by atoms with Crippen molar-refractivity contribution in [1.82, 2.24) is 19.9 Å². The molecule has 6 nitrogen and oxygen atoms in total. The third kappa shape index (κ3) is 2.78. The van der Waals surface area contributed by atoms with Crippen LogP contribution in [0, 0.1) is 6.92 Å². The molecule has 4 rings (SSSR count). The van der Waals surface area contributed by atoms with Crippen molar-refractivity contribution in [3.05, 3.63) is 78.1 Å². The molecule has 0 aliphatic rings. The van der Waals surface area contributed by atoms with Gasteiger partial charge in [-0.1, -0.05) is 6.07 Å². The number of rotatable bonds is 4. The smallest absolute Gasteiger partial charge is 0.252 e. The number of furan rings is 1. The molecule has 0 fully saturated rings. The molecule has 0 spiro atoms. The van der Waals surface area contributed by atoms with Gasteiger partial charge >= 0.3 is 0 Å². The molecular formula is C19H16N4O2. The van der Waals surface area contributed by atoms with Crippen molar-refractivity contribution in [2.75, 3.05) is 0 Å². The van der Waals surface area contributed by atoms with Gasteiger partial charge in [0.05, 0.1) is 18.5 Å². The fourth-order valence-electron chi connectivity index (χ4n) is 2.83. The summed E-state index contributed by atoms with van der Waals surface area (Å²) in [6, 6.07) is 13.0. The van der Waals surface area contributed by atoms with Gasteiger partial charge in [0.15, 0.2) is 5.65 Å². The van der Waals surface area contributed by atoms with Gasteiger partial charge in [-0.3, -0.25) is 9.36 Å². The average molecular weight is 332 g/mol. The summed E-state index contributed by atoms with van der Waals surface area (Å²) in [5, 5.41) is 2.88. The Morgan fingerprint density at radius 2 is 2.08 bits per heavy atom. The molecule has 3 heterocycles. The molecule has 0 aliphatic heterocycles. The van der Waals surface area contributed by atoms with Gasteiger partial charge in [0.1, 0.15) is 17.6 Å². The molecule has 0 atom stereocenters. The molecule has 0 saturated carbocycles. The molecular weight excluding hydrogens is 316 g/mol. The molecule has 124 valence electrons. The average Bonchev–Trinajstić information content (AvgIpc) is 3.29. The van der Waals surface area contributed by atoms with Crippen LogP contribution >= 0.6 is 0 Å². The second kappa shape index (κ2) is 6.24. The van der Waals surface area contributed by atoms with E-state index in [9.17, 15) is 4.79 Å². The SMILES string of the molecule is Cc1c(C(=O)NCc2ccco2)cccc1-n1cnc2cccnc21. The number of hydrogen-bond acceptors (Lipinski definition) is 4. The van der Waals surface area contributed by atoms with Crippen molar-refractivity contribution in [2.45, 2.75) is 13.5 Å². The van der Waals surface area contributed by atoms with Gasteiger partial charge in [0.25, 0.3) is 5.91 Å². The minimum Gasteiger partial charge on any atom is -0.467 e. The second-order valence-corrected chi connectivity index (χ2v) is 5.67. The van der Waals surface area contributed by atoms with Gasteiger partial charge in [-0.05, 0) is 48.9 Å². The number of amides is 1. The lowest BCUT2D eigenvalue weighted by atomic mass is 10.1. The summed E-state index contributed by atoms with van der Waals surface area (Å²) in [4.78, 5) is 21.3. The van der Waals surface area contributed by atoms with Crippen molar-refractivity contribution in [3.8, 4) is 5.69 Å². The molecule has 25 heavy (non-hydrogen) atoms. The first-order chi connectivity index (χ1) is 12.2. The van der Waals surface area contributed by atoms with Crippen molar-refractivity contribution in [1.29, 1.82) is 0 Å². The van der Waals surface area contributed by atoms with Gasteiger partial charge in [0.2, 0.25) is 0 Å². The minimum absolute atomic E-state index is 0.145. The quantitative estimate of drug-likeness (QED) is 0.622. The Morgan fingerprint density at radius 1 is 1.16 bits per heavy atom. The van der Waals surface area contributed by atoms with Crippen LogP contribution in [0.1, 0.15) is 21.7 Å². The van der Waals surface area contributed by atoms with Gasteiger partial charge < -0.3 is 9.73 Å². The lowest BCUT2D eigenvalue weighted by Crippen LogP contribution is -2.23. The van der Waals surface area contributed by atoms with Crippen LogP contribution in [0.3, 0.4) is 0 Å². The molecule has 6 heteroatoms. The van der Waals surface area contributed by atoms with Crippen LogP contribution in [0.25, 0.3) is 16.9 Å². The molecule has 1 amide bonds. The Labute approximate surface area is 144 Å². The summed E-state index contributed by atoms with van der Waals surface area (Å²) in [6.45, 7) is 2.27. The number of hydrogen-bond donors (Lipinski definition) is 1. The monoisotopic (exact) mass is 332 g/mol. The summed E-state index contributed by atoms with van der Waals surface area (Å²) >= 11 is 0. The Morgan fingerprint density at radius 3 is 2.92 bits per heavy atom. The molecule has 0 saturated heterocycles. The number of benzene rings is 1. The fraction of sp³-hybridized carbons (Fsp3) is 0.105. The molecule has 0 aliphatic carbocycles. The highest BCUT2D eigenvalue weighted by Crippen LogP contribution is 2.22. The fourth-order valence-corrected chi connectivity index (χ4v) is 2.83. The first-order valence-corrected chi connectivity index (χ1v) is 7.92. The standard InChI is InChI=1S/C19H16N4O2/c1-13-15(19(24)21-11-14-5-4-10-25-14)6-2-8-17(13)23-12-22-16-7-3-9-20-18(16)23/h2-10,12H,11H2,1H3,(H,21,24). The van der Waals surface area contributed by atoms with E-state index in [0.29, 0.717) is 17.9 Å². The predicted molar refractivity (Wildman–Crippen MR) is 93.5 cm³/mol. The number of imidazole rings is 1. The van der Waals surface area contributed by atoms with Gasteiger partial charge in [0, 0.05) is 11.8 Å². The summed E-state index contributed by atoms with van der Waals surface area (Å²) < 4.78 is 7.14. The zero-order valence-corrected chi connectivity index (χ0v) is 13.6. The van der Waals surface area contributed by atoms with E-state index in [0.717, 1.165) is 22.4 Å². The molecule has 0 unspecified atom stereocenters. The number of nitrogens with zero attached hydrogens (tertiary/aromatic N) is 3. The number of carbonyl (C=O) groups is 1. The van der Waals surface area contributed by atoms with E-state index in [1.807, 2.05) is 47.9 Å². The number of fused-ring (bicyclic) bond motifs is 1. The summed E-state index contributed by atoms with van der Waals surface area (Å²) in [5.41, 5.74) is 3.94. The summed E-state index contributed by atoms with van der Waals surface area (Å²) in [6.07, 6.45) is 5.05. The zero-order valence-electron chi connectivity index (χ0n) is 13.6. The third-order valence-electron chi connectivity index (χ3n) is 4.12. The summed E-state index contributed by atoms with van der Waals surface area (Å²) in [7, 11) is 0. The van der Waals surface area contributed by atoms with E-state index in [-0.39, 0.29) is 5.91 Å². The molecule has 1 aromatic carbocycles. The van der Waals surface area contributed by atoms with Gasteiger partial charge in [-0.25, -0.2) is 9.97 Å². The highest BCUT2D eigenvalue weighted by Gasteiger charge is 2.14. The van der Waals surface area contributed by atoms with Crippen molar-refractivity contribution < 1.29 is 9.21 Å². The van der Waals surface area contributed by atoms with Gasteiger partial charge in [-0.15, -0.1) is 0 Å². The normalized spacial score (nSPS) is 10.9. The molecule has 1 N–H and O–H groups in total. The van der Waals surface area contributed by atoms with Crippen LogP contribution in [-0.4, -0.2) is 20.4 Å². The van der Waals surface area contributed by atoms with Crippen LogP contribution in [0.15, 0.2) is 65.7 Å². The lowest BCUT2D eigenvalue weighted by Gasteiger charge is -2.12. The number of carbonyl (C=O) groups excluding carboxylic acids is 1. The first-order valence-electron chi connectivity index (χ1n) is 7.92. The van der Waals surface area contributed by atoms with E-state index in [4.69, 9.17) is 4.42 Å². The molecule has 0 bridgehead atoms. The van der Waals surface area contributed by atoms with Crippen molar-refractivity contribution in [2.24, 2.45) is 0 Å². The van der Waals surface area contributed by atoms with Crippen molar-refractivity contribution >= 4 is 17.1 Å². The lowest BCUT2D eigenvalue weighted by molar-refractivity contribution is 0.0947. The van der Waals surface area contributed by atoms with E-state index in [2.05, 4.69) is 15.3 Å². The van der Waals surface area contributed by atoms with Gasteiger partial charge in [-0.2, -0.15) is 0 Å². The van der Waals surface area contributed by atoms with Crippen LogP contribution in [-0.2, 0) is 6.54 Å². The first kappa shape index (κ1) is 15.1. The largest absolute Gasteiger partial charge is 0.467 e. The van der Waals surface area contributed by atoms with E-state index < -0.39 is 0 Å². The minimum atomic E-state index is -0.145. The van der Waals surface area contributed by atoms with Crippen LogP contribution in [0.5, 0.6) is 0 Å². The third-order valence-corrected chi connectivity index (χ3v) is 4.12. The maximum absolute atomic E-state index is 12.6. The highest BCUT2D eigenvalue weighted by molar-refractivity contribution is 5.96. The Bertz CT molecular complexity index is 1030. The van der Waals surface area contributed by atoms with E-state index >= 15 is 0 Å². The second-order valence-electron chi connectivity index (χ2n) is 5.67.